The van der Waals surface area contributed by atoms with Crippen LogP contribution in [-0.4, -0.2) is 21.7 Å². The Bertz CT molecular complexity index is 874. The number of para-hydroxylation sites is 1. The van der Waals surface area contributed by atoms with Gasteiger partial charge in [0.25, 0.3) is 5.91 Å². The van der Waals surface area contributed by atoms with Gasteiger partial charge >= 0.3 is 0 Å². The van der Waals surface area contributed by atoms with Crippen LogP contribution in [0.2, 0.25) is 0 Å². The quantitative estimate of drug-likeness (QED) is 0.758. The number of nitrogens with one attached hydrogen (secondary N) is 1. The molecule has 0 saturated heterocycles. The van der Waals surface area contributed by atoms with E-state index in [0.29, 0.717) is 17.0 Å². The minimum Gasteiger partial charge on any atom is -0.348 e. The van der Waals surface area contributed by atoms with Crippen LogP contribution in [0.15, 0.2) is 60.7 Å². The minimum absolute atomic E-state index is 0.0449. The van der Waals surface area contributed by atoms with E-state index >= 15 is 0 Å². The van der Waals surface area contributed by atoms with Crippen LogP contribution in [0.4, 0.5) is 4.39 Å². The molecule has 1 amide bonds. The van der Waals surface area contributed by atoms with Crippen molar-refractivity contribution in [3.8, 4) is 16.9 Å². The lowest BCUT2D eigenvalue weighted by Gasteiger charge is -2.12. The first kappa shape index (κ1) is 16.9. The zero-order valence-corrected chi connectivity index (χ0v) is 14.2. The summed E-state index contributed by atoms with van der Waals surface area (Å²) in [5, 5.41) is 7.42. The first-order valence-corrected chi connectivity index (χ1v) is 8.31. The van der Waals surface area contributed by atoms with Gasteiger partial charge in [0.15, 0.2) is 0 Å². The Balaban J connectivity index is 2.09. The number of halogens is 1. The molecule has 0 aliphatic carbocycles. The third-order valence-electron chi connectivity index (χ3n) is 4.08. The molecule has 1 atom stereocenters. The highest BCUT2D eigenvalue weighted by molar-refractivity contribution is 5.94. The summed E-state index contributed by atoms with van der Waals surface area (Å²) in [5.74, 6) is -0.595. The first-order chi connectivity index (χ1) is 12.1. The third-order valence-corrected chi connectivity index (χ3v) is 4.08. The van der Waals surface area contributed by atoms with Crippen molar-refractivity contribution >= 4 is 5.91 Å². The van der Waals surface area contributed by atoms with E-state index in [2.05, 4.69) is 10.4 Å². The van der Waals surface area contributed by atoms with E-state index in [1.54, 1.807) is 28.9 Å². The van der Waals surface area contributed by atoms with Crippen molar-refractivity contribution in [3.05, 3.63) is 72.2 Å². The average molecular weight is 337 g/mol. The summed E-state index contributed by atoms with van der Waals surface area (Å²) < 4.78 is 15.7. The Morgan fingerprint density at radius 3 is 2.52 bits per heavy atom. The van der Waals surface area contributed by atoms with E-state index < -0.39 is 0 Å². The van der Waals surface area contributed by atoms with Crippen LogP contribution < -0.4 is 5.32 Å². The molecule has 1 aromatic heterocycles. The second kappa shape index (κ2) is 7.30. The molecule has 0 saturated carbocycles. The number of hydrogen-bond donors (Lipinski definition) is 1. The van der Waals surface area contributed by atoms with Crippen molar-refractivity contribution in [2.75, 3.05) is 0 Å². The molecule has 1 unspecified atom stereocenters. The Labute approximate surface area is 146 Å². The van der Waals surface area contributed by atoms with Crippen LogP contribution in [0, 0.1) is 5.82 Å². The molecule has 3 rings (SSSR count). The van der Waals surface area contributed by atoms with E-state index in [4.69, 9.17) is 0 Å². The summed E-state index contributed by atoms with van der Waals surface area (Å²) in [7, 11) is 0. The highest BCUT2D eigenvalue weighted by Gasteiger charge is 2.19. The topological polar surface area (TPSA) is 46.9 Å². The van der Waals surface area contributed by atoms with Crippen molar-refractivity contribution in [3.63, 3.8) is 0 Å². The van der Waals surface area contributed by atoms with E-state index in [9.17, 15) is 9.18 Å². The molecule has 0 aliphatic heterocycles. The number of rotatable bonds is 5. The molecule has 0 spiro atoms. The number of carbonyl (C=O) groups is 1. The second-order valence-electron chi connectivity index (χ2n) is 5.92. The van der Waals surface area contributed by atoms with Gasteiger partial charge in [0, 0.05) is 11.6 Å². The molecule has 0 aliphatic rings. The van der Waals surface area contributed by atoms with Crippen molar-refractivity contribution < 1.29 is 9.18 Å². The fourth-order valence-electron chi connectivity index (χ4n) is 2.51. The number of nitrogens with zero attached hydrogens (tertiary/aromatic N) is 2. The van der Waals surface area contributed by atoms with Gasteiger partial charge in [-0.3, -0.25) is 4.79 Å². The Kier molecular flexibility index (Phi) is 4.93. The molecule has 2 aromatic carbocycles. The average Bonchev–Trinajstić information content (AvgIpc) is 3.08. The Morgan fingerprint density at radius 1 is 1.16 bits per heavy atom. The van der Waals surface area contributed by atoms with E-state index in [-0.39, 0.29) is 17.8 Å². The van der Waals surface area contributed by atoms with E-state index in [1.807, 2.05) is 44.2 Å². The summed E-state index contributed by atoms with van der Waals surface area (Å²) in [6.07, 6.45) is 0.825. The fraction of sp³-hybridized carbons (Fsp3) is 0.200. The van der Waals surface area contributed by atoms with Gasteiger partial charge in [-0.2, -0.15) is 5.10 Å². The van der Waals surface area contributed by atoms with Gasteiger partial charge in [-0.05, 0) is 43.7 Å². The Morgan fingerprint density at radius 2 is 1.84 bits per heavy atom. The predicted molar refractivity (Wildman–Crippen MR) is 96.2 cm³/mol. The molecule has 3 aromatic rings. The highest BCUT2D eigenvalue weighted by atomic mass is 19.1. The van der Waals surface area contributed by atoms with Crippen LogP contribution in [-0.2, 0) is 0 Å². The van der Waals surface area contributed by atoms with Crippen molar-refractivity contribution in [2.24, 2.45) is 0 Å². The van der Waals surface area contributed by atoms with Gasteiger partial charge in [0.2, 0.25) is 0 Å². The molecular weight excluding hydrogens is 317 g/mol. The maximum atomic E-state index is 14.1. The van der Waals surface area contributed by atoms with Crippen LogP contribution in [0.3, 0.4) is 0 Å². The van der Waals surface area contributed by atoms with Gasteiger partial charge in [0.1, 0.15) is 11.5 Å². The minimum atomic E-state index is -0.367. The zero-order chi connectivity index (χ0) is 17.8. The summed E-state index contributed by atoms with van der Waals surface area (Å²) in [6.45, 7) is 3.95. The third kappa shape index (κ3) is 3.60. The van der Waals surface area contributed by atoms with Crippen LogP contribution in [0.5, 0.6) is 0 Å². The van der Waals surface area contributed by atoms with E-state index in [0.717, 1.165) is 12.1 Å². The molecule has 4 nitrogen and oxygen atoms in total. The van der Waals surface area contributed by atoms with Gasteiger partial charge in [-0.1, -0.05) is 37.3 Å². The van der Waals surface area contributed by atoms with Crippen LogP contribution in [0.25, 0.3) is 16.9 Å². The van der Waals surface area contributed by atoms with Gasteiger partial charge in [-0.25, -0.2) is 9.07 Å². The first-order valence-electron chi connectivity index (χ1n) is 8.31. The molecule has 5 heteroatoms. The normalized spacial score (nSPS) is 12.0. The molecule has 1 N–H and O–H groups in total. The number of carbonyl (C=O) groups excluding carboxylic acids is 1. The number of amides is 1. The van der Waals surface area contributed by atoms with Gasteiger partial charge in [-0.15, -0.1) is 0 Å². The summed E-state index contributed by atoms with van der Waals surface area (Å²) in [5.41, 5.74) is 1.93. The lowest BCUT2D eigenvalue weighted by molar-refractivity contribution is 0.0931. The number of hydrogen-bond acceptors (Lipinski definition) is 2. The van der Waals surface area contributed by atoms with Crippen LogP contribution in [0.1, 0.15) is 30.8 Å². The van der Waals surface area contributed by atoms with Crippen LogP contribution >= 0.6 is 0 Å². The van der Waals surface area contributed by atoms with Crippen molar-refractivity contribution in [1.82, 2.24) is 15.1 Å². The molecule has 0 fully saturated rings. The smallest absolute Gasteiger partial charge is 0.270 e. The number of benzene rings is 2. The summed E-state index contributed by atoms with van der Waals surface area (Å²) >= 11 is 0. The molecule has 1 heterocycles. The monoisotopic (exact) mass is 337 g/mol. The van der Waals surface area contributed by atoms with E-state index in [1.165, 1.54) is 6.07 Å². The highest BCUT2D eigenvalue weighted by Crippen LogP contribution is 2.24. The number of aromatic nitrogens is 2. The predicted octanol–water partition coefficient (Wildman–Crippen LogP) is 4.21. The maximum absolute atomic E-state index is 14.1. The second-order valence-corrected chi connectivity index (χ2v) is 5.92. The molecule has 25 heavy (non-hydrogen) atoms. The van der Waals surface area contributed by atoms with Crippen molar-refractivity contribution in [1.29, 1.82) is 0 Å². The van der Waals surface area contributed by atoms with Gasteiger partial charge < -0.3 is 5.32 Å². The SMILES string of the molecule is CCC(C)NC(=O)c1cc(-c2ccccc2F)nn1-c1ccccc1. The Hall–Kier alpha value is -2.95. The molecule has 128 valence electrons. The summed E-state index contributed by atoms with van der Waals surface area (Å²) in [6, 6.07) is 17.4. The molecule has 0 radical (unpaired) electrons. The van der Waals surface area contributed by atoms with Gasteiger partial charge in [0.05, 0.1) is 11.4 Å². The molecular formula is C20H20FN3O. The largest absolute Gasteiger partial charge is 0.348 e. The van der Waals surface area contributed by atoms with Crippen molar-refractivity contribution in [2.45, 2.75) is 26.3 Å². The lowest BCUT2D eigenvalue weighted by atomic mass is 10.1. The summed E-state index contributed by atoms with van der Waals surface area (Å²) in [4.78, 5) is 12.7. The fourth-order valence-corrected chi connectivity index (χ4v) is 2.51. The zero-order valence-electron chi connectivity index (χ0n) is 14.2. The maximum Gasteiger partial charge on any atom is 0.270 e. The molecule has 0 bridgehead atoms. The standard InChI is InChI=1S/C20H20FN3O/c1-3-14(2)22-20(25)19-13-18(16-11-7-8-12-17(16)21)23-24(19)15-9-5-4-6-10-15/h4-14H,3H2,1-2H3,(H,22,25). The lowest BCUT2D eigenvalue weighted by Crippen LogP contribution is -2.33.